The summed E-state index contributed by atoms with van der Waals surface area (Å²) in [4.78, 5) is 29.0. The summed E-state index contributed by atoms with van der Waals surface area (Å²) in [6, 6.07) is 2.03. The van der Waals surface area contributed by atoms with Crippen LogP contribution in [0.5, 0.6) is 0 Å². The van der Waals surface area contributed by atoms with Crippen molar-refractivity contribution in [3.8, 4) is 0 Å². The van der Waals surface area contributed by atoms with Gasteiger partial charge in [-0.25, -0.2) is 28.4 Å². The van der Waals surface area contributed by atoms with Gasteiger partial charge in [0.2, 0.25) is 5.91 Å². The number of aromatic nitrogens is 5. The lowest BCUT2D eigenvalue weighted by Gasteiger charge is -2.43. The zero-order valence-corrected chi connectivity index (χ0v) is 19.4. The molecule has 2 aliphatic heterocycles. The third kappa shape index (κ3) is 4.24. The van der Waals surface area contributed by atoms with Gasteiger partial charge in [0.25, 0.3) is 6.43 Å². The molecule has 2 fully saturated rings. The molecule has 8 nitrogen and oxygen atoms in total. The maximum atomic E-state index is 13.1. The molecule has 5 rings (SSSR count). The fourth-order valence-corrected chi connectivity index (χ4v) is 5.54. The van der Waals surface area contributed by atoms with Gasteiger partial charge in [-0.1, -0.05) is 6.92 Å². The smallest absolute Gasteiger partial charge is 0.355 e. The van der Waals surface area contributed by atoms with Crippen molar-refractivity contribution in [1.29, 1.82) is 0 Å². The van der Waals surface area contributed by atoms with Gasteiger partial charge in [-0.3, -0.25) is 4.79 Å². The van der Waals surface area contributed by atoms with Gasteiger partial charge >= 0.3 is 6.18 Å². The van der Waals surface area contributed by atoms with Crippen molar-refractivity contribution in [2.75, 3.05) is 22.9 Å². The first-order chi connectivity index (χ1) is 17.1. The number of fused-ring (bicyclic) bond motifs is 1. The van der Waals surface area contributed by atoms with Crippen LogP contribution in [0.15, 0.2) is 30.7 Å². The van der Waals surface area contributed by atoms with Crippen LogP contribution >= 0.6 is 0 Å². The Morgan fingerprint density at radius 3 is 2.47 bits per heavy atom. The van der Waals surface area contributed by atoms with E-state index in [-0.39, 0.29) is 23.0 Å². The van der Waals surface area contributed by atoms with E-state index in [0.29, 0.717) is 55.8 Å². The van der Waals surface area contributed by atoms with Gasteiger partial charge in [-0.05, 0) is 31.4 Å². The quantitative estimate of drug-likeness (QED) is 0.477. The predicted octanol–water partition coefficient (Wildman–Crippen LogP) is 4.31. The Morgan fingerprint density at radius 2 is 1.86 bits per heavy atom. The lowest BCUT2D eigenvalue weighted by Crippen LogP contribution is -2.47. The van der Waals surface area contributed by atoms with Gasteiger partial charge in [0, 0.05) is 31.0 Å². The molecule has 0 aliphatic carbocycles. The molecule has 1 amide bonds. The van der Waals surface area contributed by atoms with Crippen LogP contribution in [0.3, 0.4) is 0 Å². The highest BCUT2D eigenvalue weighted by Gasteiger charge is 2.52. The Morgan fingerprint density at radius 1 is 1.11 bits per heavy atom. The number of nitrogens with zero attached hydrogens (tertiary/aromatic N) is 7. The summed E-state index contributed by atoms with van der Waals surface area (Å²) >= 11 is 0. The number of halogens is 5. The van der Waals surface area contributed by atoms with Crippen LogP contribution in [0.2, 0.25) is 0 Å². The first-order valence-electron chi connectivity index (χ1n) is 11.7. The first-order valence-corrected chi connectivity index (χ1v) is 11.7. The van der Waals surface area contributed by atoms with E-state index in [0.717, 1.165) is 16.9 Å². The van der Waals surface area contributed by atoms with E-state index in [1.807, 2.05) is 11.8 Å². The lowest BCUT2D eigenvalue weighted by atomic mass is 9.71. The highest BCUT2D eigenvalue weighted by atomic mass is 19.4. The maximum Gasteiger partial charge on any atom is 0.433 e. The molecule has 3 aromatic rings. The number of carbonyl (C=O) groups excluding carboxylic acids is 1. The van der Waals surface area contributed by atoms with Crippen molar-refractivity contribution in [2.24, 2.45) is 5.41 Å². The molecule has 1 atom stereocenters. The second-order valence-corrected chi connectivity index (χ2v) is 9.27. The van der Waals surface area contributed by atoms with Gasteiger partial charge in [0.1, 0.15) is 23.6 Å². The van der Waals surface area contributed by atoms with Crippen LogP contribution in [0, 0.1) is 5.41 Å². The van der Waals surface area contributed by atoms with Gasteiger partial charge < -0.3 is 9.80 Å². The van der Waals surface area contributed by atoms with Crippen molar-refractivity contribution < 1.29 is 26.7 Å². The van der Waals surface area contributed by atoms with Crippen LogP contribution in [-0.4, -0.2) is 56.2 Å². The van der Waals surface area contributed by atoms with Gasteiger partial charge in [-0.15, -0.1) is 0 Å². The predicted molar refractivity (Wildman–Crippen MR) is 121 cm³/mol. The van der Waals surface area contributed by atoms with Crippen LogP contribution in [0.4, 0.5) is 33.5 Å². The number of hydrogen-bond acceptors (Lipinski definition) is 6. The van der Waals surface area contributed by atoms with E-state index in [9.17, 15) is 26.7 Å². The molecular weight excluding hydrogens is 485 g/mol. The summed E-state index contributed by atoms with van der Waals surface area (Å²) in [5.41, 5.74) is -0.248. The molecule has 36 heavy (non-hydrogen) atoms. The molecule has 0 aromatic carbocycles. The Balaban J connectivity index is 1.34. The molecule has 0 radical (unpaired) electrons. The molecule has 2 aliphatic rings. The monoisotopic (exact) mass is 509 g/mol. The minimum Gasteiger partial charge on any atom is -0.355 e. The Bertz CT molecular complexity index is 1250. The molecule has 5 heterocycles. The molecule has 1 unspecified atom stereocenters. The lowest BCUT2D eigenvalue weighted by molar-refractivity contribution is -0.141. The Hall–Kier alpha value is -3.38. The minimum atomic E-state index is -4.55. The van der Waals surface area contributed by atoms with Crippen LogP contribution in [0.25, 0.3) is 11.2 Å². The zero-order valence-electron chi connectivity index (χ0n) is 19.4. The Labute approximate surface area is 203 Å². The van der Waals surface area contributed by atoms with Crippen molar-refractivity contribution in [3.63, 3.8) is 0 Å². The molecular formula is C23H24F5N7O. The van der Waals surface area contributed by atoms with Crippen LogP contribution in [0.1, 0.15) is 38.3 Å². The summed E-state index contributed by atoms with van der Waals surface area (Å²) < 4.78 is 65.7. The van der Waals surface area contributed by atoms with Crippen molar-refractivity contribution in [1.82, 2.24) is 24.7 Å². The molecule has 13 heteroatoms. The third-order valence-corrected chi connectivity index (χ3v) is 7.22. The SMILES string of the molecule is CCC1N(c2ccc(C(F)(F)F)nc2)C(=O)CC12CCN(c1cnc3cnn(CC(F)F)c3n1)CC2. The maximum absolute atomic E-state index is 13.1. The third-order valence-electron chi connectivity index (χ3n) is 7.22. The molecule has 1 spiro atoms. The van der Waals surface area contributed by atoms with Crippen molar-refractivity contribution >= 4 is 28.6 Å². The highest BCUT2D eigenvalue weighted by molar-refractivity contribution is 5.97. The number of piperidine rings is 1. The van der Waals surface area contributed by atoms with Crippen molar-refractivity contribution in [2.45, 2.75) is 57.8 Å². The summed E-state index contributed by atoms with van der Waals surface area (Å²) in [6.45, 7) is 2.54. The van der Waals surface area contributed by atoms with Crippen LogP contribution < -0.4 is 9.80 Å². The standard InChI is InChI=1S/C23H24F5N7O/c1-2-17-22(9-20(36)35(17)14-3-4-16(30-10-14)23(26,27)28)5-7-33(8-6-22)19-12-29-15-11-31-34(13-18(24)25)21(15)32-19/h3-4,10-12,17-18H,2,5-9,13H2,1H3. The van der Waals surface area contributed by atoms with Gasteiger partial charge in [0.15, 0.2) is 5.65 Å². The molecule has 0 bridgehead atoms. The number of anilines is 2. The topological polar surface area (TPSA) is 80.0 Å². The van der Waals surface area contributed by atoms with E-state index in [4.69, 9.17) is 0 Å². The second-order valence-electron chi connectivity index (χ2n) is 9.27. The summed E-state index contributed by atoms with van der Waals surface area (Å²) in [7, 11) is 0. The largest absolute Gasteiger partial charge is 0.433 e. The molecule has 2 saturated heterocycles. The Kier molecular flexibility index (Phi) is 6.03. The van der Waals surface area contributed by atoms with E-state index in [1.165, 1.54) is 12.3 Å². The average Bonchev–Trinajstić information content (AvgIpc) is 3.35. The fraction of sp³-hybridized carbons (Fsp3) is 0.522. The summed E-state index contributed by atoms with van der Waals surface area (Å²) in [6.07, 6.45) is -0.735. The number of amides is 1. The molecule has 192 valence electrons. The van der Waals surface area contributed by atoms with E-state index < -0.39 is 24.8 Å². The molecule has 0 N–H and O–H groups in total. The number of rotatable bonds is 5. The van der Waals surface area contributed by atoms with Crippen molar-refractivity contribution in [3.05, 3.63) is 36.4 Å². The summed E-state index contributed by atoms with van der Waals surface area (Å²) in [5, 5.41) is 3.95. The number of pyridine rings is 1. The zero-order chi connectivity index (χ0) is 25.7. The number of alkyl halides is 5. The molecule has 3 aromatic heterocycles. The second kappa shape index (κ2) is 8.93. The van der Waals surface area contributed by atoms with E-state index in [1.54, 1.807) is 11.1 Å². The average molecular weight is 509 g/mol. The summed E-state index contributed by atoms with van der Waals surface area (Å²) in [5.74, 6) is 0.420. The first kappa shape index (κ1) is 24.3. The van der Waals surface area contributed by atoms with Gasteiger partial charge in [0.05, 0.1) is 24.3 Å². The van der Waals surface area contributed by atoms with E-state index in [2.05, 4.69) is 20.1 Å². The van der Waals surface area contributed by atoms with Crippen LogP contribution in [-0.2, 0) is 17.5 Å². The number of carbonyl (C=O) groups is 1. The van der Waals surface area contributed by atoms with Gasteiger partial charge in [-0.2, -0.15) is 18.3 Å². The minimum absolute atomic E-state index is 0.131. The number of hydrogen-bond donors (Lipinski definition) is 0. The normalized spacial score (nSPS) is 20.3. The van der Waals surface area contributed by atoms with E-state index >= 15 is 0 Å². The highest BCUT2D eigenvalue weighted by Crippen LogP contribution is 2.49. The fourth-order valence-electron chi connectivity index (χ4n) is 5.54. The molecule has 0 saturated carbocycles.